The Balaban J connectivity index is 2.40. The maximum atomic E-state index is 12.1. The lowest BCUT2D eigenvalue weighted by atomic mass is 9.68. The number of hydrogen-bond donors (Lipinski definition) is 1. The van der Waals surface area contributed by atoms with Crippen molar-refractivity contribution >= 4 is 5.78 Å². The van der Waals surface area contributed by atoms with Crippen LogP contribution in [0.2, 0.25) is 0 Å². The molecule has 17 heavy (non-hydrogen) atoms. The van der Waals surface area contributed by atoms with Gasteiger partial charge in [0.1, 0.15) is 0 Å². The molecule has 2 heteroatoms. The summed E-state index contributed by atoms with van der Waals surface area (Å²) in [5, 5.41) is 9.49. The minimum Gasteiger partial charge on any atom is -0.392 e. The lowest BCUT2D eigenvalue weighted by Gasteiger charge is -2.34. The second kappa shape index (κ2) is 3.67. The van der Waals surface area contributed by atoms with Gasteiger partial charge in [0.05, 0.1) is 12.0 Å². The number of ketones is 1. The van der Waals surface area contributed by atoms with Crippen LogP contribution in [-0.2, 0) is 4.79 Å². The van der Waals surface area contributed by atoms with E-state index < -0.39 is 5.41 Å². The number of allylic oxidation sites excluding steroid dienone is 4. The number of aliphatic hydroxyl groups excluding tert-OH is 1. The molecular weight excluding hydrogens is 212 g/mol. The highest BCUT2D eigenvalue weighted by molar-refractivity contribution is 6.01. The first-order valence-electron chi connectivity index (χ1n) is 6.05. The molecule has 0 spiro atoms. The molecule has 2 rings (SSSR count). The highest BCUT2D eigenvalue weighted by Crippen LogP contribution is 2.52. The van der Waals surface area contributed by atoms with Gasteiger partial charge in [0.2, 0.25) is 0 Å². The van der Waals surface area contributed by atoms with Gasteiger partial charge in [-0.25, -0.2) is 0 Å². The van der Waals surface area contributed by atoms with Crippen LogP contribution in [-0.4, -0.2) is 17.5 Å². The molecule has 0 aromatic heterocycles. The van der Waals surface area contributed by atoms with Gasteiger partial charge in [-0.15, -0.1) is 0 Å². The molecule has 0 amide bonds. The lowest BCUT2D eigenvalue weighted by molar-refractivity contribution is -0.122. The maximum absolute atomic E-state index is 12.1. The Morgan fingerprint density at radius 3 is 2.53 bits per heavy atom. The first kappa shape index (κ1) is 12.3. The third-order valence-corrected chi connectivity index (χ3v) is 4.25. The van der Waals surface area contributed by atoms with Gasteiger partial charge >= 0.3 is 0 Å². The van der Waals surface area contributed by atoms with E-state index in [0.717, 1.165) is 17.6 Å². The zero-order valence-electron chi connectivity index (χ0n) is 10.8. The van der Waals surface area contributed by atoms with Crippen LogP contribution in [0, 0.1) is 16.7 Å². The van der Waals surface area contributed by atoms with Crippen LogP contribution in [0.3, 0.4) is 0 Å². The third kappa shape index (κ3) is 1.71. The minimum atomic E-state index is -0.553. The fourth-order valence-corrected chi connectivity index (χ4v) is 3.13. The molecule has 2 aliphatic rings. The topological polar surface area (TPSA) is 37.3 Å². The van der Waals surface area contributed by atoms with E-state index in [1.54, 1.807) is 6.08 Å². The number of carbonyl (C=O) groups is 1. The van der Waals surface area contributed by atoms with Crippen LogP contribution >= 0.6 is 0 Å². The van der Waals surface area contributed by atoms with E-state index in [-0.39, 0.29) is 23.7 Å². The Morgan fingerprint density at radius 2 is 2.06 bits per heavy atom. The van der Waals surface area contributed by atoms with Gasteiger partial charge in [0, 0.05) is 0 Å². The molecule has 0 aromatic rings. The average molecular weight is 232 g/mol. The van der Waals surface area contributed by atoms with Crippen LogP contribution < -0.4 is 0 Å². The number of aliphatic hydroxyl groups is 1. The highest BCUT2D eigenvalue weighted by Gasteiger charge is 2.49. The molecule has 1 N–H and O–H groups in total. The van der Waals surface area contributed by atoms with Crippen LogP contribution in [0.4, 0.5) is 0 Å². The Hall–Kier alpha value is -1.15. The standard InChI is InChI=1S/C15H20O2/c1-10-5-6-13(17)15(10,4)12-8-14(2,3)7-11(12)9-16/h5-7,12,16H,1,8-9H2,2-4H3. The van der Waals surface area contributed by atoms with Crippen LogP contribution in [0.1, 0.15) is 27.2 Å². The molecule has 2 unspecified atom stereocenters. The maximum Gasteiger partial charge on any atom is 0.166 e. The summed E-state index contributed by atoms with van der Waals surface area (Å²) in [7, 11) is 0. The van der Waals surface area contributed by atoms with Crippen molar-refractivity contribution in [2.45, 2.75) is 27.2 Å². The molecule has 2 nitrogen and oxygen atoms in total. The average Bonchev–Trinajstić information content (AvgIpc) is 2.71. The Morgan fingerprint density at radius 1 is 1.41 bits per heavy atom. The van der Waals surface area contributed by atoms with Gasteiger partial charge < -0.3 is 5.11 Å². The number of hydrogen-bond acceptors (Lipinski definition) is 2. The Kier molecular flexibility index (Phi) is 2.66. The van der Waals surface area contributed by atoms with Crippen molar-refractivity contribution in [2.24, 2.45) is 16.7 Å². The predicted molar refractivity (Wildman–Crippen MR) is 68.5 cm³/mol. The first-order chi connectivity index (χ1) is 7.81. The molecule has 92 valence electrons. The molecule has 2 aliphatic carbocycles. The molecule has 2 atom stereocenters. The fourth-order valence-electron chi connectivity index (χ4n) is 3.13. The molecule has 0 saturated heterocycles. The fraction of sp³-hybridized carbons (Fsp3) is 0.533. The molecule has 0 fully saturated rings. The summed E-state index contributed by atoms with van der Waals surface area (Å²) in [5.41, 5.74) is 1.34. The predicted octanol–water partition coefficient (Wildman–Crippen LogP) is 2.65. The van der Waals surface area contributed by atoms with Crippen molar-refractivity contribution < 1.29 is 9.90 Å². The van der Waals surface area contributed by atoms with Crippen molar-refractivity contribution in [3.05, 3.63) is 36.0 Å². The smallest absolute Gasteiger partial charge is 0.166 e. The van der Waals surface area contributed by atoms with Crippen molar-refractivity contribution in [1.82, 2.24) is 0 Å². The van der Waals surface area contributed by atoms with Gasteiger partial charge in [-0.05, 0) is 41.9 Å². The van der Waals surface area contributed by atoms with Crippen LogP contribution in [0.25, 0.3) is 0 Å². The normalized spacial score (nSPS) is 35.5. The molecule has 0 saturated carbocycles. The minimum absolute atomic E-state index is 0.0320. The monoisotopic (exact) mass is 232 g/mol. The van der Waals surface area contributed by atoms with Crippen molar-refractivity contribution in [2.75, 3.05) is 6.61 Å². The number of rotatable bonds is 2. The molecule has 0 bridgehead atoms. The van der Waals surface area contributed by atoms with Gasteiger partial charge in [0.25, 0.3) is 0 Å². The molecule has 0 aliphatic heterocycles. The van der Waals surface area contributed by atoms with Gasteiger partial charge in [0.15, 0.2) is 5.78 Å². The Bertz CT molecular complexity index is 420. The molecule has 0 aromatic carbocycles. The summed E-state index contributed by atoms with van der Waals surface area (Å²) in [6.07, 6.45) is 6.43. The summed E-state index contributed by atoms with van der Waals surface area (Å²) >= 11 is 0. The van der Waals surface area contributed by atoms with Gasteiger partial charge in [-0.1, -0.05) is 32.6 Å². The Labute approximate surface area is 103 Å². The largest absolute Gasteiger partial charge is 0.392 e. The van der Waals surface area contributed by atoms with E-state index >= 15 is 0 Å². The molecule has 0 heterocycles. The highest BCUT2D eigenvalue weighted by atomic mass is 16.3. The van der Waals surface area contributed by atoms with E-state index in [0.29, 0.717) is 0 Å². The summed E-state index contributed by atoms with van der Waals surface area (Å²) in [4.78, 5) is 12.1. The van der Waals surface area contributed by atoms with E-state index in [1.165, 1.54) is 0 Å². The van der Waals surface area contributed by atoms with E-state index in [9.17, 15) is 9.90 Å². The number of carbonyl (C=O) groups excluding carboxylic acids is 1. The molecular formula is C15H20O2. The first-order valence-corrected chi connectivity index (χ1v) is 6.05. The SMILES string of the molecule is C=C1C=CC(=O)C1(C)C1CC(C)(C)C=C1CO. The summed E-state index contributed by atoms with van der Waals surface area (Å²) in [5.74, 6) is 0.196. The van der Waals surface area contributed by atoms with Crippen LogP contribution in [0.5, 0.6) is 0 Å². The van der Waals surface area contributed by atoms with Gasteiger partial charge in [-0.3, -0.25) is 4.79 Å². The zero-order valence-corrected chi connectivity index (χ0v) is 10.8. The third-order valence-electron chi connectivity index (χ3n) is 4.25. The van der Waals surface area contributed by atoms with Crippen molar-refractivity contribution in [1.29, 1.82) is 0 Å². The second-order valence-corrected chi connectivity index (χ2v) is 6.05. The second-order valence-electron chi connectivity index (χ2n) is 6.05. The zero-order chi connectivity index (χ0) is 12.8. The van der Waals surface area contributed by atoms with E-state index in [1.807, 2.05) is 13.0 Å². The molecule has 0 radical (unpaired) electrons. The summed E-state index contributed by atoms with van der Waals surface area (Å²) in [6, 6.07) is 0. The van der Waals surface area contributed by atoms with Crippen LogP contribution in [0.15, 0.2) is 36.0 Å². The summed E-state index contributed by atoms with van der Waals surface area (Å²) < 4.78 is 0. The lowest BCUT2D eigenvalue weighted by Crippen LogP contribution is -2.34. The van der Waals surface area contributed by atoms with Crippen molar-refractivity contribution in [3.8, 4) is 0 Å². The quantitative estimate of drug-likeness (QED) is 0.743. The van der Waals surface area contributed by atoms with Gasteiger partial charge in [-0.2, -0.15) is 0 Å². The van der Waals surface area contributed by atoms with Crippen molar-refractivity contribution in [3.63, 3.8) is 0 Å². The van der Waals surface area contributed by atoms with E-state index in [2.05, 4.69) is 26.5 Å². The summed E-state index contributed by atoms with van der Waals surface area (Å²) in [6.45, 7) is 10.3. The van der Waals surface area contributed by atoms with E-state index in [4.69, 9.17) is 0 Å².